The number of hydrogen-bond donors (Lipinski definition) is 2. The second-order valence-corrected chi connectivity index (χ2v) is 5.96. The molecule has 108 valence electrons. The van der Waals surface area contributed by atoms with Crippen molar-refractivity contribution in [2.24, 2.45) is 0 Å². The molecule has 1 amide bonds. The summed E-state index contributed by atoms with van der Waals surface area (Å²) in [5.41, 5.74) is 3.42. The predicted molar refractivity (Wildman–Crippen MR) is 78.6 cm³/mol. The van der Waals surface area contributed by atoms with Gasteiger partial charge in [0, 0.05) is 23.8 Å². The number of pyridine rings is 1. The Hall–Kier alpha value is -2.04. The lowest BCUT2D eigenvalue weighted by Gasteiger charge is -2.19. The van der Waals surface area contributed by atoms with Gasteiger partial charge in [-0.05, 0) is 51.8 Å². The number of amides is 1. The largest absolute Gasteiger partial charge is 0.444 e. The lowest BCUT2D eigenvalue weighted by atomic mass is 10.1. The summed E-state index contributed by atoms with van der Waals surface area (Å²) in [6.07, 6.45) is 1.52. The van der Waals surface area contributed by atoms with Crippen molar-refractivity contribution in [1.29, 1.82) is 0 Å². The lowest BCUT2D eigenvalue weighted by Crippen LogP contribution is -2.32. The quantitative estimate of drug-likeness (QED) is 0.884. The molecule has 0 unspecified atom stereocenters. The van der Waals surface area contributed by atoms with E-state index in [9.17, 15) is 4.79 Å². The van der Waals surface area contributed by atoms with Gasteiger partial charge in [-0.15, -0.1) is 0 Å². The first-order valence-electron chi connectivity index (χ1n) is 6.67. The molecule has 0 aliphatic rings. The van der Waals surface area contributed by atoms with Crippen molar-refractivity contribution in [2.45, 2.75) is 46.8 Å². The normalized spacial score (nSPS) is 11.7. The summed E-state index contributed by atoms with van der Waals surface area (Å²) < 4.78 is 5.22. The van der Waals surface area contributed by atoms with Crippen LogP contribution in [0, 0.1) is 13.8 Å². The van der Waals surface area contributed by atoms with Crippen LogP contribution in [0.4, 0.5) is 4.79 Å². The first-order chi connectivity index (χ1) is 9.26. The SMILES string of the molecule is Cc1nc2[nH]cc(C)c2cc1CNC(=O)OC(C)(C)C. The van der Waals surface area contributed by atoms with Crippen LogP contribution in [0.1, 0.15) is 37.6 Å². The molecule has 0 bridgehead atoms. The van der Waals surface area contributed by atoms with Gasteiger partial charge in [0.05, 0.1) is 0 Å². The van der Waals surface area contributed by atoms with Crippen molar-refractivity contribution >= 4 is 17.1 Å². The van der Waals surface area contributed by atoms with E-state index in [1.54, 1.807) is 0 Å². The van der Waals surface area contributed by atoms with Crippen LogP contribution in [0.5, 0.6) is 0 Å². The molecule has 20 heavy (non-hydrogen) atoms. The Kier molecular flexibility index (Phi) is 3.70. The summed E-state index contributed by atoms with van der Waals surface area (Å²) in [4.78, 5) is 19.3. The number of H-pyrrole nitrogens is 1. The van der Waals surface area contributed by atoms with Gasteiger partial charge in [0.15, 0.2) is 0 Å². The first kappa shape index (κ1) is 14.4. The van der Waals surface area contributed by atoms with Gasteiger partial charge < -0.3 is 15.0 Å². The highest BCUT2D eigenvalue weighted by Gasteiger charge is 2.16. The average molecular weight is 275 g/mol. The Morgan fingerprint density at radius 3 is 2.75 bits per heavy atom. The topological polar surface area (TPSA) is 67.0 Å². The number of aromatic amines is 1. The van der Waals surface area contributed by atoms with Crippen molar-refractivity contribution in [3.8, 4) is 0 Å². The monoisotopic (exact) mass is 275 g/mol. The molecule has 0 radical (unpaired) electrons. The zero-order valence-electron chi connectivity index (χ0n) is 12.6. The van der Waals surface area contributed by atoms with Crippen LogP contribution in [0.3, 0.4) is 0 Å². The van der Waals surface area contributed by atoms with Crippen LogP contribution < -0.4 is 5.32 Å². The minimum atomic E-state index is -0.488. The number of ether oxygens (including phenoxy) is 1. The Bertz CT molecular complexity index is 638. The molecule has 0 aliphatic carbocycles. The number of carbonyl (C=O) groups is 1. The van der Waals surface area contributed by atoms with E-state index in [2.05, 4.69) is 21.4 Å². The van der Waals surface area contributed by atoms with Crippen LogP contribution in [-0.2, 0) is 11.3 Å². The van der Waals surface area contributed by atoms with Gasteiger partial charge >= 0.3 is 6.09 Å². The molecule has 0 saturated heterocycles. The van der Waals surface area contributed by atoms with Crippen molar-refractivity contribution < 1.29 is 9.53 Å². The number of fused-ring (bicyclic) bond motifs is 1. The molecule has 0 saturated carbocycles. The smallest absolute Gasteiger partial charge is 0.407 e. The molecule has 0 aromatic carbocycles. The highest BCUT2D eigenvalue weighted by atomic mass is 16.6. The van der Waals surface area contributed by atoms with E-state index in [0.717, 1.165) is 27.9 Å². The summed E-state index contributed by atoms with van der Waals surface area (Å²) in [6, 6.07) is 2.06. The van der Waals surface area contributed by atoms with Crippen LogP contribution >= 0.6 is 0 Å². The molecule has 2 rings (SSSR count). The number of aromatic nitrogens is 2. The Labute approximate surface area is 118 Å². The van der Waals surface area contributed by atoms with Crippen molar-refractivity contribution in [2.75, 3.05) is 0 Å². The standard InChI is InChI=1S/C15H21N3O2/c1-9-7-16-13-12(9)6-11(10(2)18-13)8-17-14(19)20-15(3,4)5/h6-7H,8H2,1-5H3,(H,16,18)(H,17,19). The van der Waals surface area contributed by atoms with E-state index in [-0.39, 0.29) is 0 Å². The molecular formula is C15H21N3O2. The van der Waals surface area contributed by atoms with Crippen LogP contribution in [0.2, 0.25) is 0 Å². The molecule has 0 aliphatic heterocycles. The molecule has 2 heterocycles. The zero-order valence-corrected chi connectivity index (χ0v) is 12.6. The number of carbonyl (C=O) groups excluding carboxylic acids is 1. The van der Waals surface area contributed by atoms with E-state index in [1.165, 1.54) is 0 Å². The Morgan fingerprint density at radius 1 is 1.40 bits per heavy atom. The molecule has 2 aromatic rings. The molecule has 2 N–H and O–H groups in total. The molecule has 2 aromatic heterocycles. The third-order valence-corrected chi connectivity index (χ3v) is 2.99. The molecular weight excluding hydrogens is 254 g/mol. The number of nitrogens with zero attached hydrogens (tertiary/aromatic N) is 1. The van der Waals surface area contributed by atoms with E-state index in [1.807, 2.05) is 40.8 Å². The molecule has 0 spiro atoms. The average Bonchev–Trinajstić information content (AvgIpc) is 2.65. The van der Waals surface area contributed by atoms with Gasteiger partial charge in [-0.1, -0.05) is 0 Å². The van der Waals surface area contributed by atoms with E-state index in [0.29, 0.717) is 6.54 Å². The summed E-state index contributed by atoms with van der Waals surface area (Å²) in [5.74, 6) is 0. The second kappa shape index (κ2) is 5.15. The van der Waals surface area contributed by atoms with Crippen LogP contribution in [-0.4, -0.2) is 21.7 Å². The van der Waals surface area contributed by atoms with Gasteiger partial charge in [0.1, 0.15) is 11.2 Å². The highest BCUT2D eigenvalue weighted by molar-refractivity contribution is 5.80. The summed E-state index contributed by atoms with van der Waals surface area (Å²) in [6.45, 7) is 9.90. The fourth-order valence-corrected chi connectivity index (χ4v) is 1.97. The molecule has 0 atom stereocenters. The van der Waals surface area contributed by atoms with Gasteiger partial charge in [-0.2, -0.15) is 0 Å². The Balaban J connectivity index is 2.11. The fourth-order valence-electron chi connectivity index (χ4n) is 1.97. The minimum Gasteiger partial charge on any atom is -0.444 e. The van der Waals surface area contributed by atoms with Crippen molar-refractivity contribution in [3.05, 3.63) is 29.1 Å². The van der Waals surface area contributed by atoms with Crippen LogP contribution in [0.25, 0.3) is 11.0 Å². The third-order valence-electron chi connectivity index (χ3n) is 2.99. The fraction of sp³-hybridized carbons (Fsp3) is 0.467. The van der Waals surface area contributed by atoms with E-state index < -0.39 is 11.7 Å². The van der Waals surface area contributed by atoms with E-state index >= 15 is 0 Å². The minimum absolute atomic E-state index is 0.411. The van der Waals surface area contributed by atoms with Gasteiger partial charge in [-0.3, -0.25) is 0 Å². The number of aryl methyl sites for hydroxylation is 2. The summed E-state index contributed by atoms with van der Waals surface area (Å²) in [5, 5.41) is 3.84. The number of rotatable bonds is 2. The zero-order chi connectivity index (χ0) is 14.9. The number of alkyl carbamates (subject to hydrolysis) is 1. The maximum atomic E-state index is 11.7. The van der Waals surface area contributed by atoms with E-state index in [4.69, 9.17) is 4.74 Å². The van der Waals surface area contributed by atoms with Gasteiger partial charge in [0.2, 0.25) is 0 Å². The molecule has 5 heteroatoms. The maximum Gasteiger partial charge on any atom is 0.407 e. The second-order valence-electron chi connectivity index (χ2n) is 5.96. The van der Waals surface area contributed by atoms with Gasteiger partial charge in [-0.25, -0.2) is 9.78 Å². The van der Waals surface area contributed by atoms with Crippen molar-refractivity contribution in [1.82, 2.24) is 15.3 Å². The third kappa shape index (κ3) is 3.29. The first-order valence-corrected chi connectivity index (χ1v) is 6.67. The van der Waals surface area contributed by atoms with Crippen LogP contribution in [0.15, 0.2) is 12.3 Å². The summed E-state index contributed by atoms with van der Waals surface area (Å²) >= 11 is 0. The number of nitrogens with one attached hydrogen (secondary N) is 2. The molecule has 5 nitrogen and oxygen atoms in total. The number of hydrogen-bond acceptors (Lipinski definition) is 3. The highest BCUT2D eigenvalue weighted by Crippen LogP contribution is 2.19. The summed E-state index contributed by atoms with van der Waals surface area (Å²) in [7, 11) is 0. The van der Waals surface area contributed by atoms with Gasteiger partial charge in [0.25, 0.3) is 0 Å². The predicted octanol–water partition coefficient (Wildman–Crippen LogP) is 3.20. The van der Waals surface area contributed by atoms with Crippen molar-refractivity contribution in [3.63, 3.8) is 0 Å². The Morgan fingerprint density at radius 2 is 2.10 bits per heavy atom. The maximum absolute atomic E-state index is 11.7. The lowest BCUT2D eigenvalue weighted by molar-refractivity contribution is 0.0523. The molecule has 0 fully saturated rings.